The number of non-ortho nitro benzene ring substituents is 1. The minimum atomic E-state index is -0.849. The number of carbonyl (C=O) groups excluding carboxylic acids is 2. The van der Waals surface area contributed by atoms with Crippen LogP contribution < -0.4 is 10.1 Å². The van der Waals surface area contributed by atoms with Gasteiger partial charge in [-0.1, -0.05) is 24.3 Å². The van der Waals surface area contributed by atoms with E-state index in [1.807, 2.05) is 24.3 Å². The molecular weight excluding hydrogens is 404 g/mol. The maximum absolute atomic E-state index is 12.3. The summed E-state index contributed by atoms with van der Waals surface area (Å²) >= 11 is 0. The summed E-state index contributed by atoms with van der Waals surface area (Å²) < 4.78 is 16.2. The van der Waals surface area contributed by atoms with Gasteiger partial charge in [0.2, 0.25) is 0 Å². The summed E-state index contributed by atoms with van der Waals surface area (Å²) in [5.41, 5.74) is 1.34. The number of nitrogens with one attached hydrogen (secondary N) is 1. The summed E-state index contributed by atoms with van der Waals surface area (Å²) in [6.45, 7) is -0.581. The quantitative estimate of drug-likeness (QED) is 0.280. The second kappa shape index (κ2) is 8.15. The van der Waals surface area contributed by atoms with Crippen molar-refractivity contribution < 1.29 is 28.4 Å². The predicted octanol–water partition coefficient (Wildman–Crippen LogP) is 4.30. The highest BCUT2D eigenvalue weighted by Crippen LogP contribution is 2.36. The fourth-order valence-electron chi connectivity index (χ4n) is 3.17. The van der Waals surface area contributed by atoms with E-state index in [0.717, 1.165) is 16.8 Å². The molecule has 31 heavy (non-hydrogen) atoms. The molecule has 0 aliphatic heterocycles. The number of carbonyl (C=O) groups is 2. The molecule has 0 saturated heterocycles. The highest BCUT2D eigenvalue weighted by Gasteiger charge is 2.17. The first-order chi connectivity index (χ1) is 15.0. The van der Waals surface area contributed by atoms with Crippen LogP contribution in [-0.4, -0.2) is 30.5 Å². The van der Waals surface area contributed by atoms with Crippen LogP contribution in [0.4, 0.5) is 11.4 Å². The number of benzene rings is 3. The van der Waals surface area contributed by atoms with Crippen LogP contribution in [0.3, 0.4) is 0 Å². The predicted molar refractivity (Wildman–Crippen MR) is 112 cm³/mol. The number of nitro benzene ring substituents is 1. The Kier molecular flexibility index (Phi) is 5.23. The number of methoxy groups -OCH3 is 1. The molecule has 156 valence electrons. The minimum Gasteiger partial charge on any atom is -0.495 e. The lowest BCUT2D eigenvalue weighted by molar-refractivity contribution is -0.384. The Morgan fingerprint density at radius 3 is 2.61 bits per heavy atom. The fourth-order valence-corrected chi connectivity index (χ4v) is 3.17. The highest BCUT2D eigenvalue weighted by molar-refractivity contribution is 6.08. The second-order valence-corrected chi connectivity index (χ2v) is 6.58. The summed E-state index contributed by atoms with van der Waals surface area (Å²) in [5.74, 6) is -1.04. The second-order valence-electron chi connectivity index (χ2n) is 6.58. The Morgan fingerprint density at radius 2 is 1.84 bits per heavy atom. The fraction of sp³-hybridized carbons (Fsp3) is 0.0909. The smallest absolute Gasteiger partial charge is 0.338 e. The zero-order valence-corrected chi connectivity index (χ0v) is 16.3. The summed E-state index contributed by atoms with van der Waals surface area (Å²) in [6, 6.07) is 16.0. The van der Waals surface area contributed by atoms with Gasteiger partial charge >= 0.3 is 5.97 Å². The Bertz CT molecular complexity index is 1330. The first kappa shape index (κ1) is 19.9. The van der Waals surface area contributed by atoms with Gasteiger partial charge in [0.15, 0.2) is 6.61 Å². The monoisotopic (exact) mass is 420 g/mol. The molecule has 1 heterocycles. The Morgan fingerprint density at radius 1 is 1.03 bits per heavy atom. The van der Waals surface area contributed by atoms with Crippen molar-refractivity contribution in [2.45, 2.75) is 0 Å². The van der Waals surface area contributed by atoms with Gasteiger partial charge in [-0.05, 0) is 18.2 Å². The Labute approximate surface area is 175 Å². The number of hydrogen-bond acceptors (Lipinski definition) is 7. The van der Waals surface area contributed by atoms with Gasteiger partial charge in [0, 0.05) is 29.0 Å². The zero-order valence-electron chi connectivity index (χ0n) is 16.3. The number of para-hydroxylation sites is 1. The number of anilines is 1. The number of furan rings is 1. The molecule has 4 aromatic rings. The number of ether oxygens (including phenoxy) is 2. The molecule has 0 saturated carbocycles. The number of nitrogens with zero attached hydrogens (tertiary/aromatic N) is 1. The maximum Gasteiger partial charge on any atom is 0.338 e. The molecule has 4 rings (SSSR count). The van der Waals surface area contributed by atoms with E-state index in [1.54, 1.807) is 12.1 Å². The van der Waals surface area contributed by atoms with E-state index in [4.69, 9.17) is 13.9 Å². The molecule has 0 aliphatic carbocycles. The number of rotatable bonds is 6. The normalized spacial score (nSPS) is 10.7. The molecule has 9 nitrogen and oxygen atoms in total. The lowest BCUT2D eigenvalue weighted by Crippen LogP contribution is -2.21. The van der Waals surface area contributed by atoms with Crippen molar-refractivity contribution in [3.05, 3.63) is 76.3 Å². The van der Waals surface area contributed by atoms with Crippen molar-refractivity contribution in [1.29, 1.82) is 0 Å². The van der Waals surface area contributed by atoms with Gasteiger partial charge in [0.05, 0.1) is 23.3 Å². The van der Waals surface area contributed by atoms with Crippen LogP contribution in [0.25, 0.3) is 21.9 Å². The molecule has 0 spiro atoms. The van der Waals surface area contributed by atoms with Gasteiger partial charge in [-0.3, -0.25) is 14.9 Å². The molecule has 1 N–H and O–H groups in total. The van der Waals surface area contributed by atoms with Gasteiger partial charge < -0.3 is 19.2 Å². The van der Waals surface area contributed by atoms with Gasteiger partial charge in [-0.15, -0.1) is 0 Å². The topological polar surface area (TPSA) is 121 Å². The Hall–Kier alpha value is -4.40. The van der Waals surface area contributed by atoms with Crippen LogP contribution in [0, 0.1) is 10.1 Å². The molecule has 9 heteroatoms. The third-order valence-corrected chi connectivity index (χ3v) is 4.60. The molecular formula is C22H16N2O7. The molecule has 0 fully saturated rings. The molecule has 0 bridgehead atoms. The largest absolute Gasteiger partial charge is 0.495 e. The molecule has 0 unspecified atom stereocenters. The van der Waals surface area contributed by atoms with Crippen LogP contribution in [0.2, 0.25) is 0 Å². The van der Waals surface area contributed by atoms with E-state index in [-0.39, 0.29) is 11.3 Å². The molecule has 0 aliphatic rings. The SMILES string of the molecule is COc1cc2c(cc1NC(=O)COC(=O)c1cccc([N+](=O)[O-])c1)oc1ccccc12. The van der Waals surface area contributed by atoms with Gasteiger partial charge in [-0.25, -0.2) is 4.79 Å². The number of fused-ring (bicyclic) bond motifs is 3. The van der Waals surface area contributed by atoms with Crippen LogP contribution in [-0.2, 0) is 9.53 Å². The molecule has 0 atom stereocenters. The van der Waals surface area contributed by atoms with Crippen molar-refractivity contribution in [2.75, 3.05) is 19.0 Å². The summed E-state index contributed by atoms with van der Waals surface area (Å²) in [6.07, 6.45) is 0. The molecule has 0 radical (unpaired) electrons. The number of esters is 1. The van der Waals surface area contributed by atoms with E-state index in [9.17, 15) is 19.7 Å². The lowest BCUT2D eigenvalue weighted by Gasteiger charge is -2.10. The van der Waals surface area contributed by atoms with Crippen molar-refractivity contribution in [3.8, 4) is 5.75 Å². The van der Waals surface area contributed by atoms with E-state index >= 15 is 0 Å². The summed E-state index contributed by atoms with van der Waals surface area (Å²) in [7, 11) is 1.47. The lowest BCUT2D eigenvalue weighted by atomic mass is 10.1. The highest BCUT2D eigenvalue weighted by atomic mass is 16.6. The number of hydrogen-bond donors (Lipinski definition) is 1. The van der Waals surface area contributed by atoms with Crippen LogP contribution in [0.15, 0.2) is 65.1 Å². The molecule has 1 amide bonds. The van der Waals surface area contributed by atoms with Crippen molar-refractivity contribution in [3.63, 3.8) is 0 Å². The number of amides is 1. The van der Waals surface area contributed by atoms with E-state index in [1.165, 1.54) is 25.3 Å². The summed E-state index contributed by atoms with van der Waals surface area (Å²) in [5, 5.41) is 15.2. The zero-order chi connectivity index (χ0) is 22.0. The standard InChI is InChI=1S/C22H16N2O7/c1-29-20-10-16-15-7-2-3-8-18(15)31-19(16)11-17(20)23-21(25)12-30-22(26)13-5-4-6-14(9-13)24(27)28/h2-11H,12H2,1H3,(H,23,25). The van der Waals surface area contributed by atoms with E-state index in [0.29, 0.717) is 22.6 Å². The average Bonchev–Trinajstić information content (AvgIpc) is 3.14. The molecule has 3 aromatic carbocycles. The first-order valence-corrected chi connectivity index (χ1v) is 9.17. The first-order valence-electron chi connectivity index (χ1n) is 9.17. The summed E-state index contributed by atoms with van der Waals surface area (Å²) in [4.78, 5) is 34.6. The van der Waals surface area contributed by atoms with Crippen molar-refractivity contribution >= 4 is 45.2 Å². The Balaban J connectivity index is 1.49. The number of nitro groups is 1. The average molecular weight is 420 g/mol. The van der Waals surface area contributed by atoms with Crippen molar-refractivity contribution in [2.24, 2.45) is 0 Å². The van der Waals surface area contributed by atoms with E-state index < -0.39 is 23.4 Å². The van der Waals surface area contributed by atoms with Crippen LogP contribution >= 0.6 is 0 Å². The van der Waals surface area contributed by atoms with Crippen LogP contribution in [0.1, 0.15) is 10.4 Å². The van der Waals surface area contributed by atoms with E-state index in [2.05, 4.69) is 5.32 Å². The van der Waals surface area contributed by atoms with Gasteiger partial charge in [0.1, 0.15) is 16.9 Å². The van der Waals surface area contributed by atoms with Gasteiger partial charge in [-0.2, -0.15) is 0 Å². The third-order valence-electron chi connectivity index (χ3n) is 4.60. The van der Waals surface area contributed by atoms with Crippen molar-refractivity contribution in [1.82, 2.24) is 0 Å². The maximum atomic E-state index is 12.3. The third kappa shape index (κ3) is 4.01. The molecule has 1 aromatic heterocycles. The minimum absolute atomic E-state index is 0.0247. The van der Waals surface area contributed by atoms with Crippen LogP contribution in [0.5, 0.6) is 5.75 Å². The van der Waals surface area contributed by atoms with Gasteiger partial charge in [0.25, 0.3) is 11.6 Å².